The van der Waals surface area contributed by atoms with Gasteiger partial charge in [-0.3, -0.25) is 0 Å². The predicted octanol–water partition coefficient (Wildman–Crippen LogP) is -0.873. The third-order valence-electron chi connectivity index (χ3n) is 4.08. The molecule has 0 aliphatic carbocycles. The maximum atomic E-state index is 12.3. The molecule has 2 rings (SSSR count). The maximum absolute atomic E-state index is 12.3. The van der Waals surface area contributed by atoms with E-state index in [2.05, 4.69) is 0 Å². The van der Waals surface area contributed by atoms with Gasteiger partial charge < -0.3 is 0 Å². The van der Waals surface area contributed by atoms with Crippen LogP contribution in [-0.4, -0.2) is 26.3 Å². The van der Waals surface area contributed by atoms with E-state index in [1.54, 1.807) is 0 Å². The molecule has 0 atom stereocenters. The van der Waals surface area contributed by atoms with Gasteiger partial charge in [0.25, 0.3) is 0 Å². The van der Waals surface area contributed by atoms with Gasteiger partial charge in [0.2, 0.25) is 0 Å². The van der Waals surface area contributed by atoms with E-state index < -0.39 is 27.7 Å². The zero-order valence-corrected chi connectivity index (χ0v) is 13.4. The molecule has 19 heavy (non-hydrogen) atoms. The molecule has 6 nitrogen and oxygen atoms in total. The van der Waals surface area contributed by atoms with E-state index in [0.717, 1.165) is 25.7 Å². The molecule has 0 aromatic heterocycles. The van der Waals surface area contributed by atoms with E-state index in [1.165, 1.54) is 7.11 Å². The summed E-state index contributed by atoms with van der Waals surface area (Å²) in [6, 6.07) is 0. The van der Waals surface area contributed by atoms with Crippen molar-refractivity contribution in [1.82, 2.24) is 0 Å². The zero-order valence-electron chi connectivity index (χ0n) is 10.9. The number of halogens is 1. The van der Waals surface area contributed by atoms with Crippen LogP contribution in [0.15, 0.2) is 0 Å². The second-order valence-electron chi connectivity index (χ2n) is 5.06. The molecule has 0 bridgehead atoms. The van der Waals surface area contributed by atoms with Gasteiger partial charge in [0, 0.05) is 0 Å². The van der Waals surface area contributed by atoms with Crippen molar-refractivity contribution in [3.8, 4) is 0 Å². The van der Waals surface area contributed by atoms with Crippen LogP contribution in [0.2, 0.25) is 15.0 Å². The molecular weight excluding hydrogens is 343 g/mol. The van der Waals surface area contributed by atoms with Gasteiger partial charge in [-0.2, -0.15) is 0 Å². The van der Waals surface area contributed by atoms with E-state index in [1.807, 2.05) is 0 Å². The molecule has 0 N–H and O–H groups in total. The van der Waals surface area contributed by atoms with Crippen LogP contribution in [0.3, 0.4) is 0 Å². The molecule has 0 spiro atoms. The quantitative estimate of drug-likeness (QED) is 0.478. The second-order valence-corrected chi connectivity index (χ2v) is 13.5. The Labute approximate surface area is 117 Å². The number of hydrogen-bond acceptors (Lipinski definition) is 6. The summed E-state index contributed by atoms with van der Waals surface area (Å²) in [4.78, 5) is 12.3. The number of rotatable bonds is 3. The Hall–Kier alpha value is 0.119. The summed E-state index contributed by atoms with van der Waals surface area (Å²) < 4.78 is 42.4. The first-order chi connectivity index (χ1) is 8.85. The van der Waals surface area contributed by atoms with Crippen LogP contribution in [0.4, 0.5) is 0 Å². The fourth-order valence-corrected chi connectivity index (χ4v) is 15.1. The number of carbonyl (C=O) groups excluding carboxylic acids is 1. The number of esters is 1. The number of fused-ring (bicyclic) bond motifs is 1. The van der Waals surface area contributed by atoms with E-state index in [9.17, 15) is 18.8 Å². The van der Waals surface area contributed by atoms with Crippen LogP contribution < -0.4 is 14.0 Å². The fraction of sp³-hybridized carbons (Fsp3) is 0.909. The van der Waals surface area contributed by atoms with Crippen molar-refractivity contribution in [3.05, 3.63) is 0 Å². The molecular formula is C11H19ClO6Se. The Morgan fingerprint density at radius 2 is 1.63 bits per heavy atom. The molecule has 0 unspecified atom stereocenters. The third-order valence-corrected chi connectivity index (χ3v) is 15.1. The van der Waals surface area contributed by atoms with Crippen molar-refractivity contribution in [2.75, 3.05) is 7.11 Å². The molecule has 0 amide bonds. The summed E-state index contributed by atoms with van der Waals surface area (Å²) in [5.41, 5.74) is 0. The van der Waals surface area contributed by atoms with Crippen LogP contribution in [0, 0.1) is 10.2 Å². The normalized spacial score (nSPS) is 38.9. The van der Waals surface area contributed by atoms with E-state index in [-0.39, 0.29) is 5.97 Å². The van der Waals surface area contributed by atoms with Crippen molar-refractivity contribution < 1.29 is 37.1 Å². The van der Waals surface area contributed by atoms with E-state index in [4.69, 9.17) is 8.11 Å². The second kappa shape index (κ2) is 5.48. The Morgan fingerprint density at radius 3 is 2.05 bits per heavy atom. The van der Waals surface area contributed by atoms with Crippen molar-refractivity contribution in [1.29, 1.82) is 0 Å². The molecule has 2 saturated heterocycles. The predicted molar refractivity (Wildman–Crippen MR) is 58.9 cm³/mol. The summed E-state index contributed by atoms with van der Waals surface area (Å²) in [5.74, 6) is -0.384. The van der Waals surface area contributed by atoms with Crippen LogP contribution in [0.5, 0.6) is 0 Å². The first-order valence-corrected chi connectivity index (χ1v) is 11.6. The number of methoxy groups -OCH3 is 1. The van der Waals surface area contributed by atoms with Crippen LogP contribution in [0.25, 0.3) is 0 Å². The Kier molecular flexibility index (Phi) is 4.48. The van der Waals surface area contributed by atoms with Gasteiger partial charge >= 0.3 is 117 Å². The van der Waals surface area contributed by atoms with Gasteiger partial charge in [-0.15, -0.1) is 0 Å². The summed E-state index contributed by atoms with van der Waals surface area (Å²) in [5, 5.41) is 1.14. The number of hydrogen-bond donors (Lipinski definition) is 0. The van der Waals surface area contributed by atoms with E-state index in [0.29, 0.717) is 23.5 Å². The molecule has 2 heterocycles. The summed E-state index contributed by atoms with van der Waals surface area (Å²) >= 11 is -3.17. The van der Waals surface area contributed by atoms with Crippen LogP contribution in [-0.2, 0) is 12.9 Å². The Bertz CT molecular complexity index is 344. The number of ether oxygens (including phenoxy) is 1. The van der Waals surface area contributed by atoms with Crippen molar-refractivity contribution in [2.24, 2.45) is 0 Å². The van der Waals surface area contributed by atoms with Crippen LogP contribution in [0.1, 0.15) is 38.5 Å². The van der Waals surface area contributed by atoms with Gasteiger partial charge in [-0.1, -0.05) is 0 Å². The number of carbonyl (C=O) groups is 1. The van der Waals surface area contributed by atoms with Crippen LogP contribution >= 0.6 is 0 Å². The minimum absolute atomic E-state index is 0.384. The fourth-order valence-electron chi connectivity index (χ4n) is 3.29. The SMILES string of the molecule is COC(=O)C12CCCC[Se]1(O[Cl+3]([O-])([O-])[O-])CCCC2. The summed E-state index contributed by atoms with van der Waals surface area (Å²) in [6.07, 6.45) is 4.53. The molecule has 112 valence electrons. The summed E-state index contributed by atoms with van der Waals surface area (Å²) in [7, 11) is -3.17. The molecule has 2 fully saturated rings. The molecule has 2 aliphatic heterocycles. The first kappa shape index (κ1) is 15.5. The minimum atomic E-state index is -4.48. The molecule has 0 saturated carbocycles. The average Bonchev–Trinajstić information content (AvgIpc) is 2.35. The topological polar surface area (TPSA) is 105 Å². The molecule has 0 aromatic rings. The van der Waals surface area contributed by atoms with Crippen molar-refractivity contribution >= 4 is 19.1 Å². The van der Waals surface area contributed by atoms with Crippen molar-refractivity contribution in [3.63, 3.8) is 0 Å². The van der Waals surface area contributed by atoms with Gasteiger partial charge in [0.05, 0.1) is 0 Å². The van der Waals surface area contributed by atoms with Gasteiger partial charge in [0.1, 0.15) is 0 Å². The molecule has 2 aliphatic rings. The summed E-state index contributed by atoms with van der Waals surface area (Å²) in [6.45, 7) is 0. The van der Waals surface area contributed by atoms with Crippen molar-refractivity contribution in [2.45, 2.75) is 53.5 Å². The molecule has 0 aromatic carbocycles. The van der Waals surface area contributed by atoms with E-state index >= 15 is 0 Å². The zero-order chi connectivity index (χ0) is 14.1. The monoisotopic (exact) mass is 362 g/mol. The molecule has 8 heteroatoms. The van der Waals surface area contributed by atoms with Gasteiger partial charge in [-0.25, -0.2) is 0 Å². The molecule has 0 radical (unpaired) electrons. The average molecular weight is 362 g/mol. The first-order valence-electron chi connectivity index (χ1n) is 6.34. The third kappa shape index (κ3) is 2.78. The Morgan fingerprint density at radius 1 is 1.11 bits per heavy atom. The Balaban J connectivity index is 2.40. The van der Waals surface area contributed by atoms with Gasteiger partial charge in [0.15, 0.2) is 0 Å². The standard InChI is InChI=1S/C11H19ClO6Se/c1-17-10(13)11-6-2-4-8-19(11,9-5-3-7-11)18-12(14,15)16/h2-9H2,1H3. The van der Waals surface area contributed by atoms with Gasteiger partial charge in [-0.05, 0) is 0 Å².